The summed E-state index contributed by atoms with van der Waals surface area (Å²) in [7, 11) is -8.58. The number of unbranched alkanes of at least 4 members (excludes halogenated alkanes) is 1. The molecule has 1 unspecified atom stereocenters. The van der Waals surface area contributed by atoms with E-state index in [4.69, 9.17) is 17.3 Å². The highest BCUT2D eigenvalue weighted by molar-refractivity contribution is 9.10. The molecule has 2 aromatic rings. The van der Waals surface area contributed by atoms with Crippen molar-refractivity contribution in [3.8, 4) is 0 Å². The number of anilines is 3. The third-order valence-electron chi connectivity index (χ3n) is 4.70. The van der Waals surface area contributed by atoms with E-state index in [0.717, 1.165) is 17.3 Å². The molecule has 0 amide bonds. The highest BCUT2D eigenvalue weighted by atomic mass is 79.9. The van der Waals surface area contributed by atoms with Crippen LogP contribution in [0.25, 0.3) is 0 Å². The SMILES string of the molecule is C[Si](C)(C)CCS(=O)(=O)N=S(C)(=O)c1ccc(N)cc1NCCCCNc1nc(Cl)ncc1Br. The first-order valence-electron chi connectivity index (χ1n) is 10.7. The third-order valence-corrected chi connectivity index (χ3v) is 11.5. The van der Waals surface area contributed by atoms with Gasteiger partial charge in [-0.2, -0.15) is 4.98 Å². The second-order valence-electron chi connectivity index (χ2n) is 9.13. The second kappa shape index (κ2) is 12.0. The molecule has 190 valence electrons. The Balaban J connectivity index is 2.03. The number of halogens is 2. The van der Waals surface area contributed by atoms with Gasteiger partial charge >= 0.3 is 0 Å². The van der Waals surface area contributed by atoms with Gasteiger partial charge in [-0.25, -0.2) is 17.6 Å². The number of sulfonamides is 1. The fraction of sp³-hybridized carbons (Fsp3) is 0.500. The van der Waals surface area contributed by atoms with Crippen molar-refractivity contribution in [1.29, 1.82) is 0 Å². The fourth-order valence-corrected chi connectivity index (χ4v) is 10.1. The van der Waals surface area contributed by atoms with Gasteiger partial charge in [0.05, 0.1) is 30.5 Å². The Morgan fingerprint density at radius 1 is 1.15 bits per heavy atom. The van der Waals surface area contributed by atoms with Crippen LogP contribution in [0.3, 0.4) is 0 Å². The van der Waals surface area contributed by atoms with Crippen LogP contribution in [0.5, 0.6) is 0 Å². The molecule has 0 radical (unpaired) electrons. The molecule has 1 aromatic carbocycles. The lowest BCUT2D eigenvalue weighted by atomic mass is 10.2. The zero-order valence-corrected chi connectivity index (χ0v) is 24.7. The summed E-state index contributed by atoms with van der Waals surface area (Å²) < 4.78 is 43.0. The van der Waals surface area contributed by atoms with Crippen LogP contribution in [0, 0.1) is 0 Å². The molecule has 9 nitrogen and oxygen atoms in total. The lowest BCUT2D eigenvalue weighted by Gasteiger charge is -2.16. The van der Waals surface area contributed by atoms with Gasteiger partial charge in [-0.05, 0) is 64.6 Å². The molecule has 0 saturated carbocycles. The monoisotopic (exact) mass is 610 g/mol. The molecule has 4 N–H and O–H groups in total. The van der Waals surface area contributed by atoms with E-state index < -0.39 is 27.8 Å². The summed E-state index contributed by atoms with van der Waals surface area (Å²) in [4.78, 5) is 8.34. The first-order chi connectivity index (χ1) is 15.7. The Labute approximate surface area is 217 Å². The molecule has 0 bridgehead atoms. The van der Waals surface area contributed by atoms with Gasteiger partial charge in [-0.3, -0.25) is 0 Å². The number of nitrogen functional groups attached to an aromatic ring is 1. The number of hydrogen-bond acceptors (Lipinski definition) is 8. The largest absolute Gasteiger partial charge is 0.399 e. The molecule has 1 heterocycles. The maximum Gasteiger partial charge on any atom is 0.260 e. The van der Waals surface area contributed by atoms with Crippen LogP contribution >= 0.6 is 27.5 Å². The van der Waals surface area contributed by atoms with Gasteiger partial charge in [0.2, 0.25) is 5.28 Å². The van der Waals surface area contributed by atoms with Crippen molar-refractivity contribution >= 4 is 72.5 Å². The molecule has 0 fully saturated rings. The van der Waals surface area contributed by atoms with Crippen LogP contribution < -0.4 is 16.4 Å². The molecule has 2 rings (SSSR count). The maximum atomic E-state index is 13.4. The lowest BCUT2D eigenvalue weighted by molar-refractivity contribution is 0.599. The van der Waals surface area contributed by atoms with Crippen molar-refractivity contribution in [3.63, 3.8) is 0 Å². The van der Waals surface area contributed by atoms with Crippen LogP contribution in [-0.2, 0) is 19.8 Å². The van der Waals surface area contributed by atoms with Gasteiger partial charge < -0.3 is 16.4 Å². The van der Waals surface area contributed by atoms with E-state index in [-0.39, 0.29) is 11.0 Å². The number of rotatable bonds is 12. The molecule has 1 aromatic heterocycles. The van der Waals surface area contributed by atoms with Crippen LogP contribution in [0.2, 0.25) is 31.0 Å². The molecular weight excluding hydrogens is 580 g/mol. The predicted molar refractivity (Wildman–Crippen MR) is 149 cm³/mol. The molecule has 0 aliphatic heterocycles. The van der Waals surface area contributed by atoms with Crippen molar-refractivity contribution in [3.05, 3.63) is 34.2 Å². The van der Waals surface area contributed by atoms with Crippen LogP contribution in [0.1, 0.15) is 12.8 Å². The number of nitrogens with one attached hydrogen (secondary N) is 2. The quantitative estimate of drug-likeness (QED) is 0.133. The summed E-state index contributed by atoms with van der Waals surface area (Å²) in [6.07, 6.45) is 4.54. The summed E-state index contributed by atoms with van der Waals surface area (Å²) in [5.41, 5.74) is 6.93. The summed E-state index contributed by atoms with van der Waals surface area (Å²) in [5.74, 6) is 0.528. The standard InChI is InChI=1S/C20H32BrClN6O3S2Si/c1-32(29,28-33(30,31)11-12-34(2,3)4)18-8-7-15(23)13-17(18)24-9-5-6-10-25-19-16(21)14-26-20(22)27-19/h7-8,13-14,24H,5-6,9-12,23H2,1-4H3,(H,25,26,27). The summed E-state index contributed by atoms with van der Waals surface area (Å²) in [6, 6.07) is 5.39. The minimum Gasteiger partial charge on any atom is -0.399 e. The fourth-order valence-electron chi connectivity index (χ4n) is 2.89. The lowest BCUT2D eigenvalue weighted by Crippen LogP contribution is -2.23. The minimum absolute atomic E-state index is 0.0913. The number of benzene rings is 1. The van der Waals surface area contributed by atoms with Crippen molar-refractivity contribution < 1.29 is 12.6 Å². The molecule has 34 heavy (non-hydrogen) atoms. The number of nitrogens with two attached hydrogens (primary N) is 1. The Morgan fingerprint density at radius 2 is 1.79 bits per heavy atom. The molecule has 0 saturated heterocycles. The van der Waals surface area contributed by atoms with Gasteiger partial charge in [0.1, 0.15) is 5.82 Å². The second-order valence-corrected chi connectivity index (χ2v) is 20.2. The normalized spacial score (nSPS) is 13.8. The minimum atomic E-state index is -3.82. The zero-order chi connectivity index (χ0) is 25.6. The number of aromatic nitrogens is 2. The third kappa shape index (κ3) is 9.68. The maximum absolute atomic E-state index is 13.4. The topological polar surface area (TPSA) is 139 Å². The van der Waals surface area contributed by atoms with E-state index in [9.17, 15) is 12.6 Å². The predicted octanol–water partition coefficient (Wildman–Crippen LogP) is 4.90. The van der Waals surface area contributed by atoms with Crippen LogP contribution in [0.15, 0.2) is 37.5 Å². The van der Waals surface area contributed by atoms with E-state index >= 15 is 0 Å². The first-order valence-corrected chi connectivity index (χ1v) is 19.1. The smallest absolute Gasteiger partial charge is 0.260 e. The van der Waals surface area contributed by atoms with Crippen LogP contribution in [-0.4, -0.2) is 55.8 Å². The highest BCUT2D eigenvalue weighted by Crippen LogP contribution is 2.27. The average molecular weight is 612 g/mol. The number of nitrogens with zero attached hydrogens (tertiary/aromatic N) is 3. The Morgan fingerprint density at radius 3 is 2.44 bits per heavy atom. The van der Waals surface area contributed by atoms with Crippen molar-refractivity contribution in [2.75, 3.05) is 41.5 Å². The molecule has 14 heteroatoms. The summed E-state index contributed by atoms with van der Waals surface area (Å²) >= 11 is 9.19. The Hall–Kier alpha value is -1.41. The van der Waals surface area contributed by atoms with Gasteiger partial charge in [0.15, 0.2) is 0 Å². The highest BCUT2D eigenvalue weighted by Gasteiger charge is 2.22. The number of hydrogen-bond donors (Lipinski definition) is 3. The average Bonchev–Trinajstić information content (AvgIpc) is 2.70. The molecule has 0 aliphatic rings. The zero-order valence-electron chi connectivity index (χ0n) is 19.8. The molecule has 1 atom stereocenters. The van der Waals surface area contributed by atoms with Gasteiger partial charge in [0, 0.05) is 39.3 Å². The molecule has 0 aliphatic carbocycles. The van der Waals surface area contributed by atoms with E-state index in [1.807, 2.05) is 0 Å². The van der Waals surface area contributed by atoms with Gasteiger partial charge in [-0.15, -0.1) is 3.77 Å². The van der Waals surface area contributed by atoms with Gasteiger partial charge in [-0.1, -0.05) is 19.6 Å². The van der Waals surface area contributed by atoms with E-state index in [1.165, 1.54) is 6.26 Å². The Bertz CT molecular complexity index is 1230. The first kappa shape index (κ1) is 28.8. The van der Waals surface area contributed by atoms with Gasteiger partial charge in [0.25, 0.3) is 10.0 Å². The molecule has 0 spiro atoms. The van der Waals surface area contributed by atoms with E-state index in [2.05, 4.69) is 59.9 Å². The van der Waals surface area contributed by atoms with Crippen molar-refractivity contribution in [2.45, 2.75) is 43.4 Å². The van der Waals surface area contributed by atoms with E-state index in [0.29, 0.717) is 41.2 Å². The van der Waals surface area contributed by atoms with Crippen molar-refractivity contribution in [1.82, 2.24) is 9.97 Å². The summed E-state index contributed by atoms with van der Waals surface area (Å²) in [6.45, 7) is 7.49. The Kier molecular flexibility index (Phi) is 10.2. The van der Waals surface area contributed by atoms with Crippen LogP contribution in [0.4, 0.5) is 17.2 Å². The van der Waals surface area contributed by atoms with E-state index in [1.54, 1.807) is 24.4 Å². The van der Waals surface area contributed by atoms with Crippen molar-refractivity contribution in [2.24, 2.45) is 3.77 Å². The molecular formula is C20H32BrClN6O3S2Si. The summed E-state index contributed by atoms with van der Waals surface area (Å²) in [5, 5.41) is 6.59.